The molecule has 0 aliphatic carbocycles. The second-order valence-electron chi connectivity index (χ2n) is 5.62. The maximum Gasteiger partial charge on any atom is 0.261 e. The zero-order valence-electron chi connectivity index (χ0n) is 16.3. The monoisotopic (exact) mass is 518 g/mol. The predicted molar refractivity (Wildman–Crippen MR) is 124 cm³/mol. The van der Waals surface area contributed by atoms with Gasteiger partial charge in [-0.3, -0.25) is 9.79 Å². The van der Waals surface area contributed by atoms with Crippen molar-refractivity contribution in [3.05, 3.63) is 46.2 Å². The van der Waals surface area contributed by atoms with Crippen molar-refractivity contribution in [2.24, 2.45) is 4.99 Å². The molecule has 9 heteroatoms. The molecule has 0 unspecified atom stereocenters. The normalized spacial score (nSPS) is 10.6. The highest BCUT2D eigenvalue weighted by atomic mass is 127. The number of nitrogens with one attached hydrogen (secondary N) is 3. The molecule has 0 fully saturated rings. The van der Waals surface area contributed by atoms with Gasteiger partial charge < -0.3 is 25.4 Å². The summed E-state index contributed by atoms with van der Waals surface area (Å²) in [4.78, 5) is 16.8. The Morgan fingerprint density at radius 3 is 2.54 bits per heavy atom. The number of amides is 1. The Kier molecular flexibility index (Phi) is 11.3. The van der Waals surface area contributed by atoms with Crippen molar-refractivity contribution in [1.29, 1.82) is 0 Å². The number of benzene rings is 1. The number of hydrogen-bond acceptors (Lipinski definition) is 5. The van der Waals surface area contributed by atoms with Crippen LogP contribution in [0.3, 0.4) is 0 Å². The average Bonchev–Trinajstić information content (AvgIpc) is 3.24. The number of halogens is 1. The topological polar surface area (TPSA) is 84.0 Å². The van der Waals surface area contributed by atoms with Crippen molar-refractivity contribution in [3.63, 3.8) is 0 Å². The zero-order chi connectivity index (χ0) is 19.5. The first-order valence-electron chi connectivity index (χ1n) is 8.65. The quantitative estimate of drug-likeness (QED) is 0.206. The standard InChI is InChI=1S/C19H26N4O3S.HI/c1-20-19(22-10-5-9-21-18(24)17-6-4-11-27-17)23-13-14-7-8-15(25-2)12-16(14)26-3;/h4,6-8,11-12H,5,9-10,13H2,1-3H3,(H,21,24)(H2,20,22,23);1H. The Morgan fingerprint density at radius 2 is 1.89 bits per heavy atom. The van der Waals surface area contributed by atoms with Crippen LogP contribution in [0.25, 0.3) is 0 Å². The van der Waals surface area contributed by atoms with E-state index < -0.39 is 0 Å². The van der Waals surface area contributed by atoms with Gasteiger partial charge in [-0.25, -0.2) is 0 Å². The fourth-order valence-corrected chi connectivity index (χ4v) is 3.03. The van der Waals surface area contributed by atoms with E-state index in [1.54, 1.807) is 21.3 Å². The molecule has 0 bridgehead atoms. The van der Waals surface area contributed by atoms with E-state index in [9.17, 15) is 4.79 Å². The van der Waals surface area contributed by atoms with Crippen LogP contribution in [-0.2, 0) is 6.54 Å². The summed E-state index contributed by atoms with van der Waals surface area (Å²) in [7, 11) is 4.98. The minimum absolute atomic E-state index is 0. The Morgan fingerprint density at radius 1 is 1.11 bits per heavy atom. The lowest BCUT2D eigenvalue weighted by Crippen LogP contribution is -2.38. The first-order chi connectivity index (χ1) is 13.2. The Hall–Kier alpha value is -2.01. The van der Waals surface area contributed by atoms with Crippen LogP contribution in [0.1, 0.15) is 21.7 Å². The number of nitrogens with zero attached hydrogens (tertiary/aromatic N) is 1. The number of thiophene rings is 1. The van der Waals surface area contributed by atoms with Crippen molar-refractivity contribution in [1.82, 2.24) is 16.0 Å². The molecule has 0 atom stereocenters. The van der Waals surface area contributed by atoms with Crippen LogP contribution in [0.2, 0.25) is 0 Å². The number of hydrogen-bond donors (Lipinski definition) is 3. The summed E-state index contributed by atoms with van der Waals surface area (Å²) >= 11 is 1.44. The van der Waals surface area contributed by atoms with Crippen LogP contribution in [0.15, 0.2) is 40.7 Å². The summed E-state index contributed by atoms with van der Waals surface area (Å²) in [5.41, 5.74) is 1.00. The van der Waals surface area contributed by atoms with E-state index in [1.165, 1.54) is 11.3 Å². The van der Waals surface area contributed by atoms with E-state index in [-0.39, 0.29) is 29.9 Å². The first-order valence-corrected chi connectivity index (χ1v) is 9.53. The van der Waals surface area contributed by atoms with Crippen molar-refractivity contribution in [2.45, 2.75) is 13.0 Å². The van der Waals surface area contributed by atoms with Gasteiger partial charge in [0.1, 0.15) is 11.5 Å². The third-order valence-corrected chi connectivity index (χ3v) is 4.71. The fraction of sp³-hybridized carbons (Fsp3) is 0.368. The van der Waals surface area contributed by atoms with Gasteiger partial charge in [0, 0.05) is 38.3 Å². The molecule has 154 valence electrons. The molecule has 0 aliphatic rings. The van der Waals surface area contributed by atoms with Gasteiger partial charge in [-0.15, -0.1) is 35.3 Å². The van der Waals surface area contributed by atoms with Crippen LogP contribution in [0.5, 0.6) is 11.5 Å². The molecule has 1 amide bonds. The molecule has 0 spiro atoms. The average molecular weight is 518 g/mol. The predicted octanol–water partition coefficient (Wildman–Crippen LogP) is 2.87. The van der Waals surface area contributed by atoms with Crippen molar-refractivity contribution >= 4 is 47.2 Å². The van der Waals surface area contributed by atoms with Crippen LogP contribution in [0, 0.1) is 0 Å². The second-order valence-corrected chi connectivity index (χ2v) is 6.56. The summed E-state index contributed by atoms with van der Waals surface area (Å²) in [5, 5.41) is 11.3. The van der Waals surface area contributed by atoms with Crippen molar-refractivity contribution < 1.29 is 14.3 Å². The van der Waals surface area contributed by atoms with Crippen LogP contribution < -0.4 is 25.4 Å². The number of carbonyl (C=O) groups is 1. The summed E-state index contributed by atoms with van der Waals surface area (Å²) < 4.78 is 10.6. The number of carbonyl (C=O) groups excluding carboxylic acids is 1. The van der Waals surface area contributed by atoms with E-state index in [2.05, 4.69) is 20.9 Å². The van der Waals surface area contributed by atoms with Gasteiger partial charge in [0.2, 0.25) is 0 Å². The van der Waals surface area contributed by atoms with Crippen LogP contribution >= 0.6 is 35.3 Å². The summed E-state index contributed by atoms with van der Waals surface area (Å²) in [6.45, 7) is 1.87. The van der Waals surface area contributed by atoms with Crippen molar-refractivity contribution in [3.8, 4) is 11.5 Å². The molecule has 2 aromatic rings. The molecule has 3 N–H and O–H groups in total. The number of ether oxygens (including phenoxy) is 2. The van der Waals surface area contributed by atoms with E-state index in [4.69, 9.17) is 9.47 Å². The highest BCUT2D eigenvalue weighted by molar-refractivity contribution is 14.0. The van der Waals surface area contributed by atoms with Gasteiger partial charge in [0.15, 0.2) is 5.96 Å². The van der Waals surface area contributed by atoms with E-state index in [1.807, 2.05) is 35.7 Å². The molecule has 7 nitrogen and oxygen atoms in total. The maximum absolute atomic E-state index is 11.8. The molecule has 0 saturated carbocycles. The molecular weight excluding hydrogens is 491 g/mol. The molecule has 0 aliphatic heterocycles. The lowest BCUT2D eigenvalue weighted by atomic mass is 10.2. The smallest absolute Gasteiger partial charge is 0.261 e. The largest absolute Gasteiger partial charge is 0.497 e. The van der Waals surface area contributed by atoms with E-state index >= 15 is 0 Å². The van der Waals surface area contributed by atoms with Gasteiger partial charge >= 0.3 is 0 Å². The fourth-order valence-electron chi connectivity index (χ4n) is 2.39. The number of aliphatic imine (C=N–C) groups is 1. The summed E-state index contributed by atoms with van der Waals surface area (Å²) in [6.07, 6.45) is 0.795. The van der Waals surface area contributed by atoms with E-state index in [0.717, 1.165) is 28.4 Å². The van der Waals surface area contributed by atoms with Gasteiger partial charge in [0.05, 0.1) is 19.1 Å². The third-order valence-electron chi connectivity index (χ3n) is 3.84. The number of methoxy groups -OCH3 is 2. The molecule has 1 aromatic heterocycles. The Labute approximate surface area is 186 Å². The number of guanidine groups is 1. The summed E-state index contributed by atoms with van der Waals surface area (Å²) in [5.74, 6) is 2.17. The number of rotatable bonds is 9. The van der Waals surface area contributed by atoms with Gasteiger partial charge in [-0.1, -0.05) is 6.07 Å². The summed E-state index contributed by atoms with van der Waals surface area (Å²) in [6, 6.07) is 9.39. The van der Waals surface area contributed by atoms with Crippen molar-refractivity contribution in [2.75, 3.05) is 34.4 Å². The molecule has 2 rings (SSSR count). The molecule has 0 radical (unpaired) electrons. The highest BCUT2D eigenvalue weighted by Crippen LogP contribution is 2.24. The van der Waals surface area contributed by atoms with Gasteiger partial charge in [-0.05, 0) is 30.0 Å². The lowest BCUT2D eigenvalue weighted by molar-refractivity contribution is 0.0957. The molecule has 1 heterocycles. The molecule has 1 aromatic carbocycles. The highest BCUT2D eigenvalue weighted by Gasteiger charge is 2.07. The van der Waals surface area contributed by atoms with Gasteiger partial charge in [0.25, 0.3) is 5.91 Å². The first kappa shape index (κ1) is 24.0. The minimum Gasteiger partial charge on any atom is -0.497 e. The SMILES string of the molecule is CN=C(NCCCNC(=O)c1cccs1)NCc1ccc(OC)cc1OC.I. The van der Waals surface area contributed by atoms with Crippen LogP contribution in [-0.4, -0.2) is 46.2 Å². The maximum atomic E-state index is 11.8. The molecule has 0 saturated heterocycles. The van der Waals surface area contributed by atoms with Crippen LogP contribution in [0.4, 0.5) is 0 Å². The second kappa shape index (κ2) is 13.2. The van der Waals surface area contributed by atoms with E-state index in [0.29, 0.717) is 25.6 Å². The molecular formula is C19H27IN4O3S. The molecule has 28 heavy (non-hydrogen) atoms. The Balaban J connectivity index is 0.00000392. The van der Waals surface area contributed by atoms with Gasteiger partial charge in [-0.2, -0.15) is 0 Å². The lowest BCUT2D eigenvalue weighted by Gasteiger charge is -2.14. The minimum atomic E-state index is -0.0286. The Bertz CT molecular complexity index is 754. The zero-order valence-corrected chi connectivity index (χ0v) is 19.4. The third kappa shape index (κ3) is 7.55.